The number of piperidine rings is 3. The van der Waals surface area contributed by atoms with Crippen molar-refractivity contribution in [2.24, 2.45) is 10.9 Å². The zero-order chi connectivity index (χ0) is 17.0. The van der Waals surface area contributed by atoms with Crippen molar-refractivity contribution < 1.29 is 4.74 Å². The van der Waals surface area contributed by atoms with E-state index in [9.17, 15) is 0 Å². The Balaban J connectivity index is 1.33. The summed E-state index contributed by atoms with van der Waals surface area (Å²) in [4.78, 5) is 19.3. The third-order valence-electron chi connectivity index (χ3n) is 5.53. The lowest BCUT2D eigenvalue weighted by atomic mass is 9.75. The lowest BCUT2D eigenvalue weighted by Crippen LogP contribution is -2.61. The van der Waals surface area contributed by atoms with E-state index in [1.54, 1.807) is 0 Å². The number of rotatable bonds is 2. The predicted octanol–water partition coefficient (Wildman–Crippen LogP) is 2.02. The number of aliphatic imine (C=N–C) groups is 1. The van der Waals surface area contributed by atoms with Gasteiger partial charge in [-0.2, -0.15) is 0 Å². The van der Waals surface area contributed by atoms with Gasteiger partial charge in [-0.25, -0.2) is 15.0 Å². The minimum absolute atomic E-state index is 0.119. The fraction of sp³-hybridized carbons (Fsp3) is 0.588. The van der Waals surface area contributed by atoms with Crippen molar-refractivity contribution in [3.63, 3.8) is 0 Å². The summed E-state index contributed by atoms with van der Waals surface area (Å²) in [7, 11) is 3.98. The number of nitrogens with zero attached hydrogens (tertiary/aromatic N) is 5. The number of hydrogen-bond donors (Lipinski definition) is 1. The lowest BCUT2D eigenvalue weighted by molar-refractivity contribution is -0.0829. The molecule has 1 spiro atoms. The van der Waals surface area contributed by atoms with Crippen LogP contribution in [0.25, 0.3) is 10.3 Å². The highest BCUT2D eigenvalue weighted by Gasteiger charge is 2.51. The summed E-state index contributed by atoms with van der Waals surface area (Å²) in [5, 5.41) is 4.06. The summed E-state index contributed by atoms with van der Waals surface area (Å²) in [6.07, 6.45) is 2.45. The molecular weight excluding hydrogens is 336 g/mol. The first kappa shape index (κ1) is 15.3. The van der Waals surface area contributed by atoms with Crippen LogP contribution in [0.5, 0.6) is 0 Å². The lowest BCUT2D eigenvalue weighted by Gasteiger charge is -2.50. The highest BCUT2D eigenvalue weighted by molar-refractivity contribution is 7.22. The summed E-state index contributed by atoms with van der Waals surface area (Å²) < 4.78 is 6.32. The SMILES string of the molecule is CN(C)c1ccc2nc(NC3=NC[C@@]4(CN5CCC4CC5)O3)sc2n1. The quantitative estimate of drug-likeness (QED) is 0.886. The van der Waals surface area contributed by atoms with Gasteiger partial charge in [0.05, 0.1) is 6.54 Å². The van der Waals surface area contributed by atoms with Gasteiger partial charge in [-0.3, -0.25) is 10.2 Å². The molecule has 0 unspecified atom stereocenters. The van der Waals surface area contributed by atoms with Crippen LogP contribution in [0.2, 0.25) is 0 Å². The van der Waals surface area contributed by atoms with E-state index in [-0.39, 0.29) is 5.60 Å². The van der Waals surface area contributed by atoms with E-state index in [0.29, 0.717) is 11.9 Å². The molecule has 0 aliphatic carbocycles. The van der Waals surface area contributed by atoms with Gasteiger partial charge in [-0.1, -0.05) is 11.3 Å². The number of aromatic nitrogens is 2. The molecule has 0 radical (unpaired) electrons. The van der Waals surface area contributed by atoms with Crippen molar-refractivity contribution in [2.45, 2.75) is 18.4 Å². The third kappa shape index (κ3) is 2.55. The molecule has 0 saturated carbocycles. The summed E-state index contributed by atoms with van der Waals surface area (Å²) in [6, 6.07) is 4.60. The Morgan fingerprint density at radius 3 is 2.84 bits per heavy atom. The normalized spacial score (nSPS) is 30.6. The van der Waals surface area contributed by atoms with Gasteiger partial charge in [0.1, 0.15) is 21.8 Å². The molecule has 2 aromatic rings. The predicted molar refractivity (Wildman–Crippen MR) is 101 cm³/mol. The van der Waals surface area contributed by atoms with Gasteiger partial charge in [0, 0.05) is 26.6 Å². The number of ether oxygens (including phenoxy) is 1. The Morgan fingerprint density at radius 2 is 2.12 bits per heavy atom. The summed E-state index contributed by atoms with van der Waals surface area (Å²) in [5.74, 6) is 1.56. The number of hydrogen-bond acceptors (Lipinski definition) is 8. The van der Waals surface area contributed by atoms with Crippen molar-refractivity contribution >= 4 is 38.7 Å². The molecule has 3 saturated heterocycles. The molecule has 8 heteroatoms. The molecule has 0 aromatic carbocycles. The molecule has 2 bridgehead atoms. The van der Waals surface area contributed by atoms with Crippen molar-refractivity contribution in [1.82, 2.24) is 14.9 Å². The molecule has 4 aliphatic heterocycles. The first-order valence-electron chi connectivity index (χ1n) is 8.79. The highest BCUT2D eigenvalue weighted by atomic mass is 32.1. The fourth-order valence-corrected chi connectivity index (χ4v) is 4.97. The standard InChI is InChI=1S/C17H22N6OS/c1-22(2)13-4-3-12-14(20-13)25-16(19-12)21-15-18-9-17(24-15)10-23-7-5-11(17)6-8-23/h3-4,11H,5-10H2,1-2H3,(H,18,19,21)/t17-/m0/s1. The Bertz CT molecular complexity index is 841. The van der Waals surface area contributed by atoms with Gasteiger partial charge in [0.2, 0.25) is 0 Å². The Morgan fingerprint density at radius 1 is 1.28 bits per heavy atom. The zero-order valence-corrected chi connectivity index (χ0v) is 15.3. The molecular formula is C17H22N6OS. The minimum Gasteiger partial charge on any atom is -0.455 e. The van der Waals surface area contributed by atoms with Crippen LogP contribution < -0.4 is 10.2 Å². The fourth-order valence-electron chi connectivity index (χ4n) is 4.15. The van der Waals surface area contributed by atoms with Crippen molar-refractivity contribution in [1.29, 1.82) is 0 Å². The van der Waals surface area contributed by atoms with Crippen LogP contribution in [0.15, 0.2) is 17.1 Å². The zero-order valence-electron chi connectivity index (χ0n) is 14.5. The molecule has 4 aliphatic rings. The molecule has 7 nitrogen and oxygen atoms in total. The number of thiazole rings is 1. The van der Waals surface area contributed by atoms with E-state index in [2.05, 4.69) is 25.2 Å². The van der Waals surface area contributed by atoms with Gasteiger partial charge < -0.3 is 9.64 Å². The van der Waals surface area contributed by atoms with Crippen LogP contribution >= 0.6 is 11.3 Å². The van der Waals surface area contributed by atoms with Crippen LogP contribution in [0.3, 0.4) is 0 Å². The Labute approximate surface area is 150 Å². The average molecular weight is 358 g/mol. The second-order valence-electron chi connectivity index (χ2n) is 7.37. The van der Waals surface area contributed by atoms with E-state index in [1.807, 2.05) is 31.1 Å². The highest BCUT2D eigenvalue weighted by Crippen LogP contribution is 2.41. The van der Waals surface area contributed by atoms with Crippen LogP contribution in [0, 0.1) is 5.92 Å². The number of pyridine rings is 1. The van der Waals surface area contributed by atoms with Crippen molar-refractivity contribution in [2.75, 3.05) is 50.5 Å². The molecule has 2 aromatic heterocycles. The number of anilines is 2. The van der Waals surface area contributed by atoms with E-state index in [0.717, 1.165) is 34.4 Å². The maximum absolute atomic E-state index is 6.32. The second kappa shape index (κ2) is 5.54. The molecule has 0 amide bonds. The second-order valence-corrected chi connectivity index (χ2v) is 8.35. The van der Waals surface area contributed by atoms with Gasteiger partial charge in [-0.05, 0) is 38.1 Å². The Kier molecular flexibility index (Phi) is 3.40. The third-order valence-corrected chi connectivity index (χ3v) is 6.41. The minimum atomic E-state index is -0.119. The topological polar surface area (TPSA) is 65.9 Å². The first-order valence-corrected chi connectivity index (χ1v) is 9.61. The maximum atomic E-state index is 6.32. The first-order chi connectivity index (χ1) is 12.1. The monoisotopic (exact) mass is 358 g/mol. The number of fused-ring (bicyclic) bond motifs is 3. The molecule has 1 atom stereocenters. The molecule has 3 fully saturated rings. The van der Waals surface area contributed by atoms with Crippen LogP contribution in [0.1, 0.15) is 12.8 Å². The average Bonchev–Trinajstić information content (AvgIpc) is 3.19. The van der Waals surface area contributed by atoms with E-state index >= 15 is 0 Å². The maximum Gasteiger partial charge on any atom is 0.291 e. The summed E-state index contributed by atoms with van der Waals surface area (Å²) in [5.41, 5.74) is 0.778. The summed E-state index contributed by atoms with van der Waals surface area (Å²) in [6.45, 7) is 4.16. The van der Waals surface area contributed by atoms with Gasteiger partial charge >= 0.3 is 0 Å². The smallest absolute Gasteiger partial charge is 0.291 e. The summed E-state index contributed by atoms with van der Waals surface area (Å²) >= 11 is 1.53. The number of nitrogens with one attached hydrogen (secondary N) is 1. The van der Waals surface area contributed by atoms with Crippen LogP contribution in [-0.2, 0) is 4.74 Å². The Hall–Kier alpha value is -1.93. The van der Waals surface area contributed by atoms with Gasteiger partial charge in [0.25, 0.3) is 6.02 Å². The van der Waals surface area contributed by atoms with E-state index < -0.39 is 0 Å². The van der Waals surface area contributed by atoms with Crippen LogP contribution in [0.4, 0.5) is 10.9 Å². The molecule has 6 heterocycles. The molecule has 1 N–H and O–H groups in total. The molecule has 132 valence electrons. The van der Waals surface area contributed by atoms with Crippen molar-refractivity contribution in [3.8, 4) is 0 Å². The van der Waals surface area contributed by atoms with Crippen molar-refractivity contribution in [3.05, 3.63) is 12.1 Å². The largest absolute Gasteiger partial charge is 0.455 e. The van der Waals surface area contributed by atoms with Crippen LogP contribution in [-0.4, -0.2) is 66.8 Å². The van der Waals surface area contributed by atoms with E-state index in [1.165, 1.54) is 37.3 Å². The molecule has 6 rings (SSSR count). The van der Waals surface area contributed by atoms with Gasteiger partial charge in [-0.15, -0.1) is 0 Å². The number of amidine groups is 1. The van der Waals surface area contributed by atoms with Gasteiger partial charge in [0.15, 0.2) is 5.13 Å². The molecule has 25 heavy (non-hydrogen) atoms. The van der Waals surface area contributed by atoms with E-state index in [4.69, 9.17) is 4.74 Å².